The first-order valence-corrected chi connectivity index (χ1v) is 6.32. The molecular weight excluding hydrogens is 208 g/mol. The van der Waals surface area contributed by atoms with Gasteiger partial charge >= 0.3 is 0 Å². The fourth-order valence-corrected chi connectivity index (χ4v) is 2.16. The summed E-state index contributed by atoms with van der Waals surface area (Å²) in [6.07, 6.45) is 7.68. The van der Waals surface area contributed by atoms with Crippen LogP contribution in [0.2, 0.25) is 0 Å². The zero-order valence-corrected chi connectivity index (χ0v) is 9.59. The number of thioether (sulfide) groups is 1. The van der Waals surface area contributed by atoms with E-state index in [0.29, 0.717) is 5.56 Å². The van der Waals surface area contributed by atoms with Crippen LogP contribution >= 0.6 is 11.8 Å². The van der Waals surface area contributed by atoms with Gasteiger partial charge in [0.15, 0.2) is 0 Å². The van der Waals surface area contributed by atoms with Crippen molar-refractivity contribution < 1.29 is 4.79 Å². The molecule has 0 aromatic carbocycles. The van der Waals surface area contributed by atoms with Gasteiger partial charge in [0, 0.05) is 30.4 Å². The minimum absolute atomic E-state index is 0.121. The Morgan fingerprint density at radius 1 is 1.40 bits per heavy atom. The first-order chi connectivity index (χ1) is 7.31. The van der Waals surface area contributed by atoms with E-state index in [2.05, 4.69) is 4.98 Å². The van der Waals surface area contributed by atoms with E-state index >= 15 is 0 Å². The molecule has 0 spiro atoms. The molecule has 3 nitrogen and oxygen atoms in total. The normalized spacial score (nSPS) is 15.7. The molecule has 1 amide bonds. The van der Waals surface area contributed by atoms with E-state index in [-0.39, 0.29) is 5.91 Å². The van der Waals surface area contributed by atoms with E-state index in [1.54, 1.807) is 24.2 Å². The van der Waals surface area contributed by atoms with Crippen LogP contribution in [0.1, 0.15) is 23.2 Å². The van der Waals surface area contributed by atoms with Crippen LogP contribution in [0.4, 0.5) is 0 Å². The molecule has 1 aromatic heterocycles. The maximum absolute atomic E-state index is 12.0. The Labute approximate surface area is 93.9 Å². The predicted molar refractivity (Wildman–Crippen MR) is 61.2 cm³/mol. The second-order valence-electron chi connectivity index (χ2n) is 3.61. The van der Waals surface area contributed by atoms with Crippen molar-refractivity contribution >= 4 is 17.7 Å². The number of aromatic nitrogens is 1. The summed E-state index contributed by atoms with van der Waals surface area (Å²) in [6.45, 7) is 1.78. The number of amides is 1. The second-order valence-corrected chi connectivity index (χ2v) is 4.49. The molecule has 0 aliphatic carbocycles. The Bertz CT molecular complexity index is 361. The molecule has 4 heteroatoms. The van der Waals surface area contributed by atoms with Crippen molar-refractivity contribution in [3.8, 4) is 0 Å². The third-order valence-electron chi connectivity index (χ3n) is 2.59. The number of hydrogen-bond donors (Lipinski definition) is 0. The molecule has 0 N–H and O–H groups in total. The zero-order chi connectivity index (χ0) is 10.7. The number of pyridine rings is 1. The number of nitrogens with zero attached hydrogens (tertiary/aromatic N) is 2. The van der Waals surface area contributed by atoms with E-state index in [4.69, 9.17) is 0 Å². The lowest BCUT2D eigenvalue weighted by Crippen LogP contribution is -2.27. The fourth-order valence-electron chi connectivity index (χ4n) is 1.75. The smallest absolute Gasteiger partial charge is 0.255 e. The highest BCUT2D eigenvalue weighted by Gasteiger charge is 2.19. The second kappa shape index (κ2) is 4.66. The first-order valence-electron chi connectivity index (χ1n) is 5.09. The van der Waals surface area contributed by atoms with E-state index in [1.165, 1.54) is 0 Å². The van der Waals surface area contributed by atoms with Gasteiger partial charge in [0.1, 0.15) is 0 Å². The number of likely N-dealkylation sites (tertiary alicyclic amines) is 1. The number of carbonyl (C=O) groups is 1. The van der Waals surface area contributed by atoms with Crippen LogP contribution < -0.4 is 0 Å². The van der Waals surface area contributed by atoms with Crippen LogP contribution in [0.3, 0.4) is 0 Å². The van der Waals surface area contributed by atoms with Gasteiger partial charge in [0.05, 0.1) is 5.56 Å². The van der Waals surface area contributed by atoms with Crippen LogP contribution in [-0.2, 0) is 0 Å². The van der Waals surface area contributed by atoms with E-state index in [0.717, 1.165) is 30.8 Å². The largest absolute Gasteiger partial charge is 0.339 e. The summed E-state index contributed by atoms with van der Waals surface area (Å²) in [7, 11) is 0. The average Bonchev–Trinajstić information content (AvgIpc) is 2.81. The van der Waals surface area contributed by atoms with Crippen molar-refractivity contribution in [1.82, 2.24) is 9.88 Å². The first kappa shape index (κ1) is 10.5. The monoisotopic (exact) mass is 222 g/mol. The molecule has 1 aromatic rings. The lowest BCUT2D eigenvalue weighted by atomic mass is 10.2. The molecule has 2 heterocycles. The van der Waals surface area contributed by atoms with Gasteiger partial charge in [-0.25, -0.2) is 0 Å². The summed E-state index contributed by atoms with van der Waals surface area (Å²) in [6, 6.07) is 1.92. The highest BCUT2D eigenvalue weighted by molar-refractivity contribution is 7.98. The Hall–Kier alpha value is -1.03. The van der Waals surface area contributed by atoms with Crippen molar-refractivity contribution in [1.29, 1.82) is 0 Å². The molecule has 1 saturated heterocycles. The lowest BCUT2D eigenvalue weighted by molar-refractivity contribution is 0.0792. The van der Waals surface area contributed by atoms with E-state index in [1.807, 2.05) is 17.2 Å². The van der Waals surface area contributed by atoms with Crippen molar-refractivity contribution in [2.75, 3.05) is 19.3 Å². The Kier molecular flexibility index (Phi) is 3.26. The summed E-state index contributed by atoms with van der Waals surface area (Å²) >= 11 is 1.61. The summed E-state index contributed by atoms with van der Waals surface area (Å²) < 4.78 is 0. The molecule has 2 rings (SSSR count). The summed E-state index contributed by atoms with van der Waals surface area (Å²) in [4.78, 5) is 19.0. The van der Waals surface area contributed by atoms with Crippen LogP contribution in [0.15, 0.2) is 23.4 Å². The molecule has 80 valence electrons. The van der Waals surface area contributed by atoms with Gasteiger partial charge in [-0.2, -0.15) is 0 Å². The predicted octanol–water partition coefficient (Wildman–Crippen LogP) is 2.04. The lowest BCUT2D eigenvalue weighted by Gasteiger charge is -2.14. The average molecular weight is 222 g/mol. The van der Waals surface area contributed by atoms with E-state index < -0.39 is 0 Å². The van der Waals surface area contributed by atoms with Gasteiger partial charge in [-0.05, 0) is 25.2 Å². The molecule has 0 radical (unpaired) electrons. The molecule has 0 atom stereocenters. The highest BCUT2D eigenvalue weighted by atomic mass is 32.2. The third kappa shape index (κ3) is 2.31. The number of rotatable bonds is 2. The highest BCUT2D eigenvalue weighted by Crippen LogP contribution is 2.17. The van der Waals surface area contributed by atoms with Gasteiger partial charge in [0.25, 0.3) is 5.91 Å². The summed E-state index contributed by atoms with van der Waals surface area (Å²) in [5, 5.41) is 0. The van der Waals surface area contributed by atoms with Crippen molar-refractivity contribution in [2.24, 2.45) is 0 Å². The minimum Gasteiger partial charge on any atom is -0.339 e. The van der Waals surface area contributed by atoms with Crippen LogP contribution in [-0.4, -0.2) is 35.1 Å². The zero-order valence-electron chi connectivity index (χ0n) is 8.77. The van der Waals surface area contributed by atoms with Crippen molar-refractivity contribution in [3.63, 3.8) is 0 Å². The standard InChI is InChI=1S/C11H14N2OS/c1-15-10-6-9(7-12-8-10)11(14)13-4-2-3-5-13/h6-8H,2-5H2,1H3. The molecular formula is C11H14N2OS. The third-order valence-corrected chi connectivity index (χ3v) is 3.28. The number of carbonyl (C=O) groups excluding carboxylic acids is 1. The topological polar surface area (TPSA) is 33.2 Å². The molecule has 15 heavy (non-hydrogen) atoms. The van der Waals surface area contributed by atoms with E-state index in [9.17, 15) is 4.79 Å². The molecule has 1 aliphatic heterocycles. The maximum atomic E-state index is 12.0. The van der Waals surface area contributed by atoms with Crippen LogP contribution in [0, 0.1) is 0 Å². The van der Waals surface area contributed by atoms with Crippen LogP contribution in [0.25, 0.3) is 0 Å². The summed E-state index contributed by atoms with van der Waals surface area (Å²) in [5.74, 6) is 0.121. The van der Waals surface area contributed by atoms with Gasteiger partial charge in [-0.1, -0.05) is 0 Å². The van der Waals surface area contributed by atoms with Gasteiger partial charge in [-0.15, -0.1) is 11.8 Å². The van der Waals surface area contributed by atoms with Gasteiger partial charge in [0.2, 0.25) is 0 Å². The molecule has 1 aliphatic rings. The number of hydrogen-bond acceptors (Lipinski definition) is 3. The minimum atomic E-state index is 0.121. The fraction of sp³-hybridized carbons (Fsp3) is 0.455. The Morgan fingerprint density at radius 2 is 2.13 bits per heavy atom. The quantitative estimate of drug-likeness (QED) is 0.718. The Morgan fingerprint density at radius 3 is 2.80 bits per heavy atom. The molecule has 0 saturated carbocycles. The van der Waals surface area contributed by atoms with Gasteiger partial charge in [-0.3, -0.25) is 9.78 Å². The molecule has 0 bridgehead atoms. The van der Waals surface area contributed by atoms with Gasteiger partial charge < -0.3 is 4.90 Å². The summed E-state index contributed by atoms with van der Waals surface area (Å²) in [5.41, 5.74) is 0.712. The SMILES string of the molecule is CSc1cncc(C(=O)N2CCCC2)c1. The van der Waals surface area contributed by atoms with Crippen molar-refractivity contribution in [2.45, 2.75) is 17.7 Å². The molecule has 1 fully saturated rings. The maximum Gasteiger partial charge on any atom is 0.255 e. The molecule has 0 unspecified atom stereocenters. The van der Waals surface area contributed by atoms with Crippen LogP contribution in [0.5, 0.6) is 0 Å². The Balaban J connectivity index is 2.17. The van der Waals surface area contributed by atoms with Crippen molar-refractivity contribution in [3.05, 3.63) is 24.0 Å².